The van der Waals surface area contributed by atoms with Crippen LogP contribution in [0.4, 0.5) is 5.69 Å². The molecule has 3 N–H and O–H groups in total. The van der Waals surface area contributed by atoms with Crippen LogP contribution in [0, 0.1) is 12.8 Å². The second-order valence-corrected chi connectivity index (χ2v) is 4.89. The first-order valence-corrected chi connectivity index (χ1v) is 6.36. The molecule has 0 bridgehead atoms. The van der Waals surface area contributed by atoms with Gasteiger partial charge in [-0.25, -0.2) is 4.79 Å². The standard InChI is InChI=1S/C14H18N2O3/c1-9-6-11(4-5-12(9)15)14(18)19-8-13(17)16-7-10-2-3-10/h4-6,10H,2-3,7-8,15H2,1H3,(H,16,17). The second kappa shape index (κ2) is 5.73. The van der Waals surface area contributed by atoms with Crippen molar-refractivity contribution in [3.63, 3.8) is 0 Å². The topological polar surface area (TPSA) is 81.4 Å². The number of esters is 1. The van der Waals surface area contributed by atoms with Crippen LogP contribution >= 0.6 is 0 Å². The van der Waals surface area contributed by atoms with Crippen LogP contribution in [0.2, 0.25) is 0 Å². The molecule has 1 aliphatic carbocycles. The largest absolute Gasteiger partial charge is 0.452 e. The van der Waals surface area contributed by atoms with Gasteiger partial charge in [0.2, 0.25) is 0 Å². The highest BCUT2D eigenvalue weighted by atomic mass is 16.5. The van der Waals surface area contributed by atoms with E-state index in [1.54, 1.807) is 18.2 Å². The summed E-state index contributed by atoms with van der Waals surface area (Å²) >= 11 is 0. The number of benzene rings is 1. The van der Waals surface area contributed by atoms with Crippen molar-refractivity contribution in [1.29, 1.82) is 0 Å². The van der Waals surface area contributed by atoms with Crippen LogP contribution in [0.5, 0.6) is 0 Å². The fraction of sp³-hybridized carbons (Fsp3) is 0.429. The van der Waals surface area contributed by atoms with Gasteiger partial charge in [-0.05, 0) is 49.4 Å². The van der Waals surface area contributed by atoms with Gasteiger partial charge < -0.3 is 15.8 Å². The molecule has 19 heavy (non-hydrogen) atoms. The van der Waals surface area contributed by atoms with Crippen molar-refractivity contribution >= 4 is 17.6 Å². The predicted octanol–water partition coefficient (Wildman–Crippen LogP) is 1.26. The van der Waals surface area contributed by atoms with Crippen LogP contribution in [-0.2, 0) is 9.53 Å². The number of rotatable bonds is 5. The first-order valence-electron chi connectivity index (χ1n) is 6.36. The Balaban J connectivity index is 1.79. The lowest BCUT2D eigenvalue weighted by atomic mass is 10.1. The number of amides is 1. The average molecular weight is 262 g/mol. The lowest BCUT2D eigenvalue weighted by Gasteiger charge is -2.07. The first kappa shape index (κ1) is 13.4. The minimum Gasteiger partial charge on any atom is -0.452 e. The number of anilines is 1. The Labute approximate surface area is 112 Å². The third kappa shape index (κ3) is 3.98. The van der Waals surface area contributed by atoms with Gasteiger partial charge in [0.25, 0.3) is 5.91 Å². The normalized spacial score (nSPS) is 13.9. The van der Waals surface area contributed by atoms with Crippen molar-refractivity contribution in [3.05, 3.63) is 29.3 Å². The van der Waals surface area contributed by atoms with Gasteiger partial charge in [-0.15, -0.1) is 0 Å². The molecule has 0 saturated heterocycles. The Bertz CT molecular complexity index is 495. The number of nitrogens with one attached hydrogen (secondary N) is 1. The van der Waals surface area contributed by atoms with Gasteiger partial charge in [0.05, 0.1) is 5.56 Å². The molecule has 0 spiro atoms. The summed E-state index contributed by atoms with van der Waals surface area (Å²) in [6.07, 6.45) is 2.34. The lowest BCUT2D eigenvalue weighted by Crippen LogP contribution is -2.30. The molecule has 1 aliphatic rings. The summed E-state index contributed by atoms with van der Waals surface area (Å²) in [5.41, 5.74) is 7.51. The van der Waals surface area contributed by atoms with Gasteiger partial charge in [0, 0.05) is 12.2 Å². The van der Waals surface area contributed by atoms with E-state index in [0.717, 1.165) is 5.56 Å². The van der Waals surface area contributed by atoms with E-state index < -0.39 is 5.97 Å². The third-order valence-electron chi connectivity index (χ3n) is 3.12. The van der Waals surface area contributed by atoms with Crippen LogP contribution in [0.15, 0.2) is 18.2 Å². The number of carbonyl (C=O) groups is 2. The summed E-state index contributed by atoms with van der Waals surface area (Å²) in [5.74, 6) is -0.156. The maximum Gasteiger partial charge on any atom is 0.338 e. The van der Waals surface area contributed by atoms with Crippen molar-refractivity contribution in [1.82, 2.24) is 5.32 Å². The number of carbonyl (C=O) groups excluding carboxylic acids is 2. The molecule has 0 unspecified atom stereocenters. The van der Waals surface area contributed by atoms with Gasteiger partial charge in [0.1, 0.15) is 0 Å². The Morgan fingerprint density at radius 1 is 1.42 bits per heavy atom. The summed E-state index contributed by atoms with van der Waals surface area (Å²) in [6, 6.07) is 4.89. The molecular weight excluding hydrogens is 244 g/mol. The zero-order valence-corrected chi connectivity index (χ0v) is 10.9. The van der Waals surface area contributed by atoms with Crippen molar-refractivity contribution in [2.24, 2.45) is 5.92 Å². The maximum atomic E-state index is 11.7. The Hall–Kier alpha value is -2.04. The summed E-state index contributed by atoms with van der Waals surface area (Å²) < 4.78 is 4.95. The molecule has 0 heterocycles. The summed E-state index contributed by atoms with van der Waals surface area (Å²) in [7, 11) is 0. The molecule has 0 aliphatic heterocycles. The maximum absolute atomic E-state index is 11.7. The van der Waals surface area contributed by atoms with Crippen LogP contribution in [-0.4, -0.2) is 25.0 Å². The number of nitrogens with two attached hydrogens (primary N) is 1. The van der Waals surface area contributed by atoms with E-state index in [0.29, 0.717) is 23.7 Å². The van der Waals surface area contributed by atoms with Crippen molar-refractivity contribution in [2.75, 3.05) is 18.9 Å². The van der Waals surface area contributed by atoms with E-state index in [9.17, 15) is 9.59 Å². The van der Waals surface area contributed by atoms with Crippen LogP contribution in [0.25, 0.3) is 0 Å². The number of ether oxygens (including phenoxy) is 1. The van der Waals surface area contributed by atoms with E-state index in [2.05, 4.69) is 5.32 Å². The van der Waals surface area contributed by atoms with Crippen molar-refractivity contribution in [2.45, 2.75) is 19.8 Å². The predicted molar refractivity (Wildman–Crippen MR) is 71.6 cm³/mol. The van der Waals surface area contributed by atoms with Crippen molar-refractivity contribution < 1.29 is 14.3 Å². The van der Waals surface area contributed by atoms with Gasteiger partial charge in [-0.1, -0.05) is 0 Å². The molecule has 1 aromatic rings. The molecule has 0 atom stereocenters. The van der Waals surface area contributed by atoms with E-state index in [1.165, 1.54) is 12.8 Å². The Morgan fingerprint density at radius 3 is 2.79 bits per heavy atom. The molecular formula is C14H18N2O3. The molecule has 1 aromatic carbocycles. The lowest BCUT2D eigenvalue weighted by molar-refractivity contribution is -0.124. The highest BCUT2D eigenvalue weighted by Gasteiger charge is 2.21. The fourth-order valence-electron chi connectivity index (χ4n) is 1.65. The number of nitrogen functional groups attached to an aromatic ring is 1. The smallest absolute Gasteiger partial charge is 0.338 e. The number of hydrogen-bond acceptors (Lipinski definition) is 4. The average Bonchev–Trinajstić information content (AvgIpc) is 3.20. The van der Waals surface area contributed by atoms with E-state index in [-0.39, 0.29) is 12.5 Å². The monoisotopic (exact) mass is 262 g/mol. The number of hydrogen-bond donors (Lipinski definition) is 2. The SMILES string of the molecule is Cc1cc(C(=O)OCC(=O)NCC2CC2)ccc1N. The van der Waals surface area contributed by atoms with E-state index >= 15 is 0 Å². The van der Waals surface area contributed by atoms with Crippen LogP contribution < -0.4 is 11.1 Å². The Kier molecular flexibility index (Phi) is 4.04. The van der Waals surface area contributed by atoms with E-state index in [4.69, 9.17) is 10.5 Å². The van der Waals surface area contributed by atoms with Crippen LogP contribution in [0.1, 0.15) is 28.8 Å². The molecule has 102 valence electrons. The zero-order chi connectivity index (χ0) is 13.8. The van der Waals surface area contributed by atoms with E-state index in [1.807, 2.05) is 6.92 Å². The summed E-state index contributed by atoms with van der Waals surface area (Å²) in [6.45, 7) is 2.25. The summed E-state index contributed by atoms with van der Waals surface area (Å²) in [5, 5.41) is 2.74. The fourth-order valence-corrected chi connectivity index (χ4v) is 1.65. The molecule has 1 fully saturated rings. The number of aryl methyl sites for hydroxylation is 1. The molecule has 5 nitrogen and oxygen atoms in total. The van der Waals surface area contributed by atoms with Gasteiger partial charge >= 0.3 is 5.97 Å². The summed E-state index contributed by atoms with van der Waals surface area (Å²) in [4.78, 5) is 23.1. The quantitative estimate of drug-likeness (QED) is 0.618. The van der Waals surface area contributed by atoms with Gasteiger partial charge in [-0.2, -0.15) is 0 Å². The molecule has 2 rings (SSSR count). The van der Waals surface area contributed by atoms with Crippen molar-refractivity contribution in [3.8, 4) is 0 Å². The molecule has 0 aromatic heterocycles. The van der Waals surface area contributed by atoms with Gasteiger partial charge in [0.15, 0.2) is 6.61 Å². The second-order valence-electron chi connectivity index (χ2n) is 4.89. The molecule has 1 amide bonds. The Morgan fingerprint density at radius 2 is 2.16 bits per heavy atom. The third-order valence-corrected chi connectivity index (χ3v) is 3.12. The minimum absolute atomic E-state index is 0.241. The highest BCUT2D eigenvalue weighted by molar-refractivity contribution is 5.92. The molecule has 1 saturated carbocycles. The zero-order valence-electron chi connectivity index (χ0n) is 10.9. The minimum atomic E-state index is -0.510. The highest BCUT2D eigenvalue weighted by Crippen LogP contribution is 2.27. The molecule has 5 heteroatoms. The van der Waals surface area contributed by atoms with Crippen LogP contribution in [0.3, 0.4) is 0 Å². The van der Waals surface area contributed by atoms with Gasteiger partial charge in [-0.3, -0.25) is 4.79 Å². The first-order chi connectivity index (χ1) is 9.06. The molecule has 0 radical (unpaired) electrons.